The molecule has 3 heteroatoms. The zero-order valence-corrected chi connectivity index (χ0v) is 10.5. The van der Waals surface area contributed by atoms with E-state index < -0.39 is 0 Å². The van der Waals surface area contributed by atoms with Gasteiger partial charge in [0.05, 0.1) is 12.2 Å². The first-order chi connectivity index (χ1) is 7.90. The molecule has 0 radical (unpaired) electrons. The van der Waals surface area contributed by atoms with Gasteiger partial charge in [-0.05, 0) is 35.2 Å². The molecule has 1 aliphatic carbocycles. The van der Waals surface area contributed by atoms with E-state index in [1.807, 2.05) is 0 Å². The van der Waals surface area contributed by atoms with Crippen LogP contribution >= 0.6 is 11.3 Å². The van der Waals surface area contributed by atoms with Crippen molar-refractivity contribution >= 4 is 11.3 Å². The molecule has 1 heterocycles. The first-order valence-corrected chi connectivity index (χ1v) is 7.22. The number of hydrogen-bond donors (Lipinski definition) is 1. The molecule has 16 heavy (non-hydrogen) atoms. The predicted molar refractivity (Wildman–Crippen MR) is 68.7 cm³/mol. The van der Waals surface area contributed by atoms with Gasteiger partial charge in [-0.2, -0.15) is 11.3 Å². The molecule has 0 saturated heterocycles. The fourth-order valence-corrected chi connectivity index (χ4v) is 3.04. The largest absolute Gasteiger partial charge is 0.369 e. The molecule has 2 N–H and O–H groups in total. The normalized spacial score (nSPS) is 20.6. The average molecular weight is 239 g/mol. The smallest absolute Gasteiger partial charge is 0.0958 e. The number of nitrogens with two attached hydrogens (primary N) is 1. The van der Waals surface area contributed by atoms with Gasteiger partial charge in [-0.15, -0.1) is 0 Å². The van der Waals surface area contributed by atoms with Crippen LogP contribution in [0.25, 0.3) is 0 Å². The van der Waals surface area contributed by atoms with E-state index in [4.69, 9.17) is 10.5 Å². The minimum Gasteiger partial charge on any atom is -0.369 e. The Labute approximate surface area is 102 Å². The van der Waals surface area contributed by atoms with Gasteiger partial charge < -0.3 is 10.5 Å². The maximum absolute atomic E-state index is 6.15. The highest BCUT2D eigenvalue weighted by Crippen LogP contribution is 2.26. The molecule has 2 nitrogen and oxygen atoms in total. The molecule has 1 atom stereocenters. The Morgan fingerprint density at radius 2 is 2.06 bits per heavy atom. The Balaban J connectivity index is 1.90. The lowest BCUT2D eigenvalue weighted by Crippen LogP contribution is -2.22. The van der Waals surface area contributed by atoms with Crippen LogP contribution in [0.5, 0.6) is 0 Å². The van der Waals surface area contributed by atoms with Crippen molar-refractivity contribution in [1.29, 1.82) is 0 Å². The molecular formula is C13H21NOS. The zero-order chi connectivity index (χ0) is 11.2. The van der Waals surface area contributed by atoms with E-state index in [-0.39, 0.29) is 6.10 Å². The van der Waals surface area contributed by atoms with Crippen molar-refractivity contribution in [2.45, 2.75) is 50.7 Å². The summed E-state index contributed by atoms with van der Waals surface area (Å²) in [6, 6.07) is 2.12. The summed E-state index contributed by atoms with van der Waals surface area (Å²) in [6.07, 6.45) is 8.31. The van der Waals surface area contributed by atoms with Crippen molar-refractivity contribution in [3.05, 3.63) is 22.4 Å². The molecule has 1 aromatic heterocycles. The molecule has 0 amide bonds. The first-order valence-electron chi connectivity index (χ1n) is 6.28. The second kappa shape index (κ2) is 6.38. The zero-order valence-electron chi connectivity index (χ0n) is 9.73. The van der Waals surface area contributed by atoms with Crippen LogP contribution in [-0.4, -0.2) is 12.6 Å². The number of thiophene rings is 1. The summed E-state index contributed by atoms with van der Waals surface area (Å²) in [6.45, 7) is 0.591. The van der Waals surface area contributed by atoms with Crippen molar-refractivity contribution < 1.29 is 4.74 Å². The van der Waals surface area contributed by atoms with Gasteiger partial charge in [0.2, 0.25) is 0 Å². The van der Waals surface area contributed by atoms with E-state index in [0.717, 1.165) is 0 Å². The van der Waals surface area contributed by atoms with Gasteiger partial charge in [-0.25, -0.2) is 0 Å². The number of ether oxygens (including phenoxy) is 1. The van der Waals surface area contributed by atoms with Crippen LogP contribution in [0.2, 0.25) is 0 Å². The highest BCUT2D eigenvalue weighted by Gasteiger charge is 2.18. The quantitative estimate of drug-likeness (QED) is 0.816. The van der Waals surface area contributed by atoms with Crippen LogP contribution in [0.1, 0.15) is 50.2 Å². The monoisotopic (exact) mass is 239 g/mol. The molecule has 0 spiro atoms. The van der Waals surface area contributed by atoms with E-state index in [2.05, 4.69) is 16.8 Å². The van der Waals surface area contributed by atoms with Crippen molar-refractivity contribution in [3.8, 4) is 0 Å². The Morgan fingerprint density at radius 1 is 1.31 bits per heavy atom. The minimum absolute atomic E-state index is 0.106. The van der Waals surface area contributed by atoms with Crippen molar-refractivity contribution in [2.24, 2.45) is 5.73 Å². The van der Waals surface area contributed by atoms with Gasteiger partial charge in [0.15, 0.2) is 0 Å². The topological polar surface area (TPSA) is 35.2 Å². The molecule has 1 fully saturated rings. The Morgan fingerprint density at radius 3 is 2.62 bits per heavy atom. The molecule has 1 unspecified atom stereocenters. The Bertz CT molecular complexity index is 278. The molecule has 1 aliphatic rings. The lowest BCUT2D eigenvalue weighted by atomic mass is 10.1. The van der Waals surface area contributed by atoms with Gasteiger partial charge in [0.25, 0.3) is 0 Å². The van der Waals surface area contributed by atoms with Crippen LogP contribution in [0, 0.1) is 0 Å². The lowest BCUT2D eigenvalue weighted by molar-refractivity contribution is -0.0159. The van der Waals surface area contributed by atoms with Crippen molar-refractivity contribution in [3.63, 3.8) is 0 Å². The molecule has 1 aromatic rings. The number of rotatable bonds is 4. The van der Waals surface area contributed by atoms with Crippen LogP contribution < -0.4 is 5.73 Å². The van der Waals surface area contributed by atoms with Crippen molar-refractivity contribution in [2.75, 3.05) is 6.54 Å². The molecule has 90 valence electrons. The van der Waals surface area contributed by atoms with Crippen LogP contribution in [0.3, 0.4) is 0 Å². The molecule has 0 aliphatic heterocycles. The Hall–Kier alpha value is -0.380. The third kappa shape index (κ3) is 3.30. The molecule has 2 rings (SSSR count). The highest BCUT2D eigenvalue weighted by atomic mass is 32.1. The summed E-state index contributed by atoms with van der Waals surface area (Å²) in [7, 11) is 0. The van der Waals surface area contributed by atoms with Crippen molar-refractivity contribution in [1.82, 2.24) is 0 Å². The van der Waals surface area contributed by atoms with Crippen LogP contribution in [0.4, 0.5) is 0 Å². The molecule has 0 bridgehead atoms. The summed E-state index contributed by atoms with van der Waals surface area (Å²) in [5.41, 5.74) is 7.05. The second-order valence-corrected chi connectivity index (χ2v) is 5.31. The van der Waals surface area contributed by atoms with Gasteiger partial charge in [0, 0.05) is 6.54 Å². The summed E-state index contributed by atoms with van der Waals surface area (Å²) in [5, 5.41) is 4.24. The predicted octanol–water partition coefficient (Wildman–Crippen LogP) is 3.49. The summed E-state index contributed by atoms with van der Waals surface area (Å²) in [4.78, 5) is 0. The van der Waals surface area contributed by atoms with E-state index in [1.165, 1.54) is 44.1 Å². The first kappa shape index (κ1) is 12.1. The Kier molecular flexibility index (Phi) is 4.82. The van der Waals surface area contributed by atoms with Gasteiger partial charge in [0.1, 0.15) is 0 Å². The fraction of sp³-hybridized carbons (Fsp3) is 0.692. The fourth-order valence-electron chi connectivity index (χ4n) is 2.34. The lowest BCUT2D eigenvalue weighted by Gasteiger charge is -2.22. The van der Waals surface area contributed by atoms with Gasteiger partial charge in [-0.3, -0.25) is 0 Å². The van der Waals surface area contributed by atoms with E-state index in [9.17, 15) is 0 Å². The van der Waals surface area contributed by atoms with Gasteiger partial charge in [-0.1, -0.05) is 25.7 Å². The molecular weight excluding hydrogens is 218 g/mol. The SMILES string of the molecule is NCC(OC1CCCCCC1)c1ccsc1. The van der Waals surface area contributed by atoms with E-state index in [1.54, 1.807) is 11.3 Å². The van der Waals surface area contributed by atoms with E-state index >= 15 is 0 Å². The maximum atomic E-state index is 6.15. The number of hydrogen-bond acceptors (Lipinski definition) is 3. The van der Waals surface area contributed by atoms with Crippen LogP contribution in [0.15, 0.2) is 16.8 Å². The maximum Gasteiger partial charge on any atom is 0.0958 e. The summed E-state index contributed by atoms with van der Waals surface area (Å²) in [5.74, 6) is 0. The van der Waals surface area contributed by atoms with Gasteiger partial charge >= 0.3 is 0 Å². The standard InChI is InChI=1S/C13H21NOS/c14-9-13(11-7-8-16-10-11)15-12-5-3-1-2-4-6-12/h7-8,10,12-13H,1-6,9,14H2. The second-order valence-electron chi connectivity index (χ2n) is 4.53. The molecule has 0 aromatic carbocycles. The third-order valence-electron chi connectivity index (χ3n) is 3.29. The third-order valence-corrected chi connectivity index (χ3v) is 3.99. The summed E-state index contributed by atoms with van der Waals surface area (Å²) < 4.78 is 6.15. The van der Waals surface area contributed by atoms with Crippen LogP contribution in [-0.2, 0) is 4.74 Å². The minimum atomic E-state index is 0.106. The van der Waals surface area contributed by atoms with E-state index in [0.29, 0.717) is 12.6 Å². The highest BCUT2D eigenvalue weighted by molar-refractivity contribution is 7.07. The summed E-state index contributed by atoms with van der Waals surface area (Å²) >= 11 is 1.71. The molecule has 1 saturated carbocycles. The average Bonchev–Trinajstić information content (AvgIpc) is 2.71.